The summed E-state index contributed by atoms with van der Waals surface area (Å²) in [6.07, 6.45) is -0.566. The van der Waals surface area contributed by atoms with Gasteiger partial charge in [-0.2, -0.15) is 4.31 Å². The first-order valence-corrected chi connectivity index (χ1v) is 7.60. The zero-order valence-corrected chi connectivity index (χ0v) is 11.5. The second-order valence-corrected chi connectivity index (χ2v) is 7.05. The van der Waals surface area contributed by atoms with Gasteiger partial charge in [0, 0.05) is 19.0 Å². The van der Waals surface area contributed by atoms with Gasteiger partial charge in [0.25, 0.3) is 0 Å². The monoisotopic (exact) mass is 269 g/mol. The number of benzene rings is 1. The summed E-state index contributed by atoms with van der Waals surface area (Å²) < 4.78 is 26.1. The highest BCUT2D eigenvalue weighted by Crippen LogP contribution is 2.28. The van der Waals surface area contributed by atoms with Crippen LogP contribution in [0.1, 0.15) is 13.8 Å². The number of nitrogens with zero attached hydrogens (tertiary/aromatic N) is 1. The molecule has 4 nitrogen and oxygen atoms in total. The van der Waals surface area contributed by atoms with E-state index in [0.29, 0.717) is 11.4 Å². The van der Waals surface area contributed by atoms with Gasteiger partial charge in [0.2, 0.25) is 10.0 Å². The number of hydrogen-bond donors (Lipinski definition) is 1. The maximum atomic E-state index is 12.4. The lowest BCUT2D eigenvalue weighted by molar-refractivity contribution is 0.122. The van der Waals surface area contributed by atoms with Crippen LogP contribution in [0, 0.1) is 11.8 Å². The van der Waals surface area contributed by atoms with Gasteiger partial charge in [-0.15, -0.1) is 0 Å². The van der Waals surface area contributed by atoms with Crippen molar-refractivity contribution < 1.29 is 13.5 Å². The van der Waals surface area contributed by atoms with Crippen molar-refractivity contribution >= 4 is 10.0 Å². The third-order valence-corrected chi connectivity index (χ3v) is 5.38. The molecular weight excluding hydrogens is 250 g/mol. The average molecular weight is 269 g/mol. The first kappa shape index (κ1) is 13.5. The van der Waals surface area contributed by atoms with Crippen molar-refractivity contribution in [3.63, 3.8) is 0 Å². The van der Waals surface area contributed by atoms with Gasteiger partial charge in [-0.05, 0) is 18.1 Å². The van der Waals surface area contributed by atoms with Crippen molar-refractivity contribution in [1.82, 2.24) is 4.31 Å². The van der Waals surface area contributed by atoms with Gasteiger partial charge in [-0.25, -0.2) is 8.42 Å². The zero-order valence-electron chi connectivity index (χ0n) is 10.7. The Morgan fingerprint density at radius 1 is 1.22 bits per heavy atom. The summed E-state index contributed by atoms with van der Waals surface area (Å²) in [6, 6.07) is 8.38. The van der Waals surface area contributed by atoms with E-state index in [1.165, 1.54) is 4.31 Å². The molecule has 1 saturated heterocycles. The highest BCUT2D eigenvalue weighted by atomic mass is 32.2. The number of β-amino-alcohol motifs (C(OH)–C–C–N with tert-alkyl or cyclic N) is 1. The van der Waals surface area contributed by atoms with Gasteiger partial charge in [0.15, 0.2) is 0 Å². The minimum atomic E-state index is -3.46. The Morgan fingerprint density at radius 3 is 2.33 bits per heavy atom. The summed E-state index contributed by atoms with van der Waals surface area (Å²) in [6.45, 7) is 4.61. The molecule has 0 spiro atoms. The van der Waals surface area contributed by atoms with Crippen LogP contribution in [0.15, 0.2) is 35.2 Å². The Balaban J connectivity index is 2.24. The highest BCUT2D eigenvalue weighted by molar-refractivity contribution is 7.89. The fourth-order valence-electron chi connectivity index (χ4n) is 2.37. The molecule has 1 heterocycles. The van der Waals surface area contributed by atoms with Crippen molar-refractivity contribution in [3.8, 4) is 0 Å². The fraction of sp³-hybridized carbons (Fsp3) is 0.538. The van der Waals surface area contributed by atoms with E-state index in [4.69, 9.17) is 0 Å². The van der Waals surface area contributed by atoms with Crippen LogP contribution in [-0.4, -0.2) is 37.0 Å². The Hall–Kier alpha value is -0.910. The van der Waals surface area contributed by atoms with E-state index in [9.17, 15) is 13.5 Å². The fourth-order valence-corrected chi connectivity index (χ4v) is 3.88. The minimum absolute atomic E-state index is 0.0171. The van der Waals surface area contributed by atoms with E-state index in [1.807, 2.05) is 13.8 Å². The van der Waals surface area contributed by atoms with Gasteiger partial charge < -0.3 is 5.11 Å². The SMILES string of the molecule is CC(C)C1CN(S(=O)(=O)c2ccccc2)CC1O. The molecule has 1 fully saturated rings. The molecule has 1 aromatic carbocycles. The van der Waals surface area contributed by atoms with Crippen LogP contribution in [0.2, 0.25) is 0 Å². The molecule has 0 bridgehead atoms. The Labute approximate surface area is 108 Å². The number of aliphatic hydroxyl groups is 1. The van der Waals surface area contributed by atoms with E-state index >= 15 is 0 Å². The van der Waals surface area contributed by atoms with Crippen LogP contribution in [-0.2, 0) is 10.0 Å². The quantitative estimate of drug-likeness (QED) is 0.900. The summed E-state index contributed by atoms with van der Waals surface area (Å²) in [5.74, 6) is 0.291. The molecule has 1 aromatic rings. The molecule has 18 heavy (non-hydrogen) atoms. The minimum Gasteiger partial charge on any atom is -0.391 e. The molecule has 1 N–H and O–H groups in total. The largest absolute Gasteiger partial charge is 0.391 e. The van der Waals surface area contributed by atoms with E-state index in [2.05, 4.69) is 0 Å². The summed E-state index contributed by atoms with van der Waals surface area (Å²) >= 11 is 0. The van der Waals surface area contributed by atoms with Crippen molar-refractivity contribution in [2.24, 2.45) is 11.8 Å². The van der Waals surface area contributed by atoms with Crippen molar-refractivity contribution in [2.45, 2.75) is 24.8 Å². The lowest BCUT2D eigenvalue weighted by Crippen LogP contribution is -2.29. The molecule has 1 aliphatic rings. The maximum Gasteiger partial charge on any atom is 0.243 e. The van der Waals surface area contributed by atoms with Gasteiger partial charge in [0.1, 0.15) is 0 Å². The molecule has 0 amide bonds. The highest BCUT2D eigenvalue weighted by Gasteiger charge is 2.39. The molecule has 2 rings (SSSR count). The number of rotatable bonds is 3. The van der Waals surface area contributed by atoms with Crippen LogP contribution in [0.3, 0.4) is 0 Å². The first-order valence-electron chi connectivity index (χ1n) is 6.16. The number of aliphatic hydroxyl groups excluding tert-OH is 1. The van der Waals surface area contributed by atoms with Crippen LogP contribution in [0.4, 0.5) is 0 Å². The Bertz CT molecular complexity index is 498. The standard InChI is InChI=1S/C13H19NO3S/c1-10(2)12-8-14(9-13(12)15)18(16,17)11-6-4-3-5-7-11/h3-7,10,12-13,15H,8-9H2,1-2H3. The summed E-state index contributed by atoms with van der Waals surface area (Å²) in [5, 5.41) is 9.93. The van der Waals surface area contributed by atoms with Crippen LogP contribution in [0.25, 0.3) is 0 Å². The summed E-state index contributed by atoms with van der Waals surface area (Å²) in [5.41, 5.74) is 0. The van der Waals surface area contributed by atoms with Gasteiger partial charge >= 0.3 is 0 Å². The second-order valence-electron chi connectivity index (χ2n) is 5.11. The molecule has 100 valence electrons. The van der Waals surface area contributed by atoms with E-state index in [-0.39, 0.29) is 18.4 Å². The molecule has 2 unspecified atom stereocenters. The molecule has 1 aliphatic heterocycles. The Kier molecular flexibility index (Phi) is 3.75. The normalized spacial score (nSPS) is 25.8. The third kappa shape index (κ3) is 2.43. The predicted octanol–water partition coefficient (Wildman–Crippen LogP) is 1.32. The topological polar surface area (TPSA) is 57.6 Å². The van der Waals surface area contributed by atoms with Gasteiger partial charge in [-0.1, -0.05) is 32.0 Å². The Morgan fingerprint density at radius 2 is 1.83 bits per heavy atom. The lowest BCUT2D eigenvalue weighted by atomic mass is 9.93. The molecular formula is C13H19NO3S. The van der Waals surface area contributed by atoms with E-state index < -0.39 is 16.1 Å². The molecule has 0 aliphatic carbocycles. The maximum absolute atomic E-state index is 12.4. The lowest BCUT2D eigenvalue weighted by Gasteiger charge is -2.18. The average Bonchev–Trinajstić information content (AvgIpc) is 2.73. The second kappa shape index (κ2) is 4.99. The molecule has 5 heteroatoms. The van der Waals surface area contributed by atoms with E-state index in [1.54, 1.807) is 30.3 Å². The molecule has 2 atom stereocenters. The number of hydrogen-bond acceptors (Lipinski definition) is 3. The van der Waals surface area contributed by atoms with Crippen LogP contribution >= 0.6 is 0 Å². The summed E-state index contributed by atoms with van der Waals surface area (Å²) in [4.78, 5) is 0.293. The van der Waals surface area contributed by atoms with Crippen molar-refractivity contribution in [2.75, 3.05) is 13.1 Å². The van der Waals surface area contributed by atoms with Crippen molar-refractivity contribution in [3.05, 3.63) is 30.3 Å². The van der Waals surface area contributed by atoms with Gasteiger partial charge in [-0.3, -0.25) is 0 Å². The van der Waals surface area contributed by atoms with E-state index in [0.717, 1.165) is 0 Å². The van der Waals surface area contributed by atoms with Crippen molar-refractivity contribution in [1.29, 1.82) is 0 Å². The first-order chi connectivity index (χ1) is 8.43. The predicted molar refractivity (Wildman–Crippen MR) is 69.5 cm³/mol. The summed E-state index contributed by atoms with van der Waals surface area (Å²) in [7, 11) is -3.46. The number of sulfonamides is 1. The van der Waals surface area contributed by atoms with Crippen LogP contribution in [0.5, 0.6) is 0 Å². The van der Waals surface area contributed by atoms with Gasteiger partial charge in [0.05, 0.1) is 11.0 Å². The van der Waals surface area contributed by atoms with Crippen LogP contribution < -0.4 is 0 Å². The zero-order chi connectivity index (χ0) is 13.3. The molecule has 0 aromatic heterocycles. The third-order valence-electron chi connectivity index (χ3n) is 3.54. The smallest absolute Gasteiger partial charge is 0.243 e. The molecule has 0 saturated carbocycles. The molecule has 0 radical (unpaired) electrons.